The lowest BCUT2D eigenvalue weighted by Crippen LogP contribution is -2.22. The molecule has 1 aliphatic rings. The molecule has 0 saturated heterocycles. The van der Waals surface area contributed by atoms with E-state index in [1.54, 1.807) is 24.1 Å². The summed E-state index contributed by atoms with van der Waals surface area (Å²) >= 11 is 0. The summed E-state index contributed by atoms with van der Waals surface area (Å²) in [7, 11) is 0. The van der Waals surface area contributed by atoms with Gasteiger partial charge in [-0.15, -0.1) is 0 Å². The zero-order valence-electron chi connectivity index (χ0n) is 16.9. The lowest BCUT2D eigenvalue weighted by molar-refractivity contribution is 0.0695. The summed E-state index contributed by atoms with van der Waals surface area (Å²) in [6, 6.07) is 6.39. The van der Waals surface area contributed by atoms with Gasteiger partial charge in [0.1, 0.15) is 11.4 Å². The first kappa shape index (κ1) is 19.6. The molecule has 5 heterocycles. The molecular weight excluding hydrogens is 415 g/mol. The van der Waals surface area contributed by atoms with Crippen molar-refractivity contribution in [2.75, 3.05) is 10.6 Å². The van der Waals surface area contributed by atoms with Crippen molar-refractivity contribution in [3.05, 3.63) is 81.3 Å². The molecule has 32 heavy (non-hydrogen) atoms. The number of carboxylic acids is 1. The number of fused-ring (bicyclic) bond motifs is 2. The normalized spacial score (nSPS) is 12.9. The number of anilines is 2. The molecule has 0 aliphatic carbocycles. The lowest BCUT2D eigenvalue weighted by atomic mass is 10.1. The van der Waals surface area contributed by atoms with Gasteiger partial charge in [0.15, 0.2) is 17.3 Å². The number of halogens is 1. The topological polar surface area (TPSA) is 127 Å². The molecule has 5 rings (SSSR count). The Hall–Kier alpha value is -4.34. The number of hydrogen-bond acceptors (Lipinski definition) is 7. The summed E-state index contributed by atoms with van der Waals surface area (Å²) in [5.41, 5.74) is 7.50. The average molecular weight is 432 g/mol. The van der Waals surface area contributed by atoms with Crippen LogP contribution < -0.4 is 16.1 Å². The number of nitrogen functional groups attached to an aromatic ring is 1. The number of rotatable bonds is 3. The van der Waals surface area contributed by atoms with Crippen LogP contribution in [0.25, 0.3) is 16.7 Å². The van der Waals surface area contributed by atoms with Gasteiger partial charge < -0.3 is 15.7 Å². The van der Waals surface area contributed by atoms with E-state index in [2.05, 4.69) is 15.0 Å². The molecule has 9 nitrogen and oxygen atoms in total. The minimum absolute atomic E-state index is 0.0489. The van der Waals surface area contributed by atoms with E-state index in [1.165, 1.54) is 17.0 Å². The molecule has 4 aromatic rings. The predicted octanol–water partition coefficient (Wildman–Crippen LogP) is 2.42. The first-order valence-corrected chi connectivity index (χ1v) is 9.73. The first-order valence-electron chi connectivity index (χ1n) is 9.73. The van der Waals surface area contributed by atoms with Gasteiger partial charge in [-0.2, -0.15) is 0 Å². The number of aryl methyl sites for hydroxylation is 1. The maximum absolute atomic E-state index is 15.1. The second-order valence-electron chi connectivity index (χ2n) is 7.57. The highest BCUT2D eigenvalue weighted by molar-refractivity contribution is 5.92. The third kappa shape index (κ3) is 3.04. The summed E-state index contributed by atoms with van der Waals surface area (Å²) < 4.78 is 16.6. The predicted molar refractivity (Wildman–Crippen MR) is 115 cm³/mol. The van der Waals surface area contributed by atoms with Gasteiger partial charge in [0, 0.05) is 18.9 Å². The lowest BCUT2D eigenvalue weighted by Gasteiger charge is -2.19. The van der Waals surface area contributed by atoms with Gasteiger partial charge in [0.25, 0.3) is 0 Å². The molecule has 4 aromatic heterocycles. The Labute approximate surface area is 180 Å². The SMILES string of the molecule is Cc1cc(N)ncc1-n1cc(C(=O)O)c(=O)c2cc(F)c(N3Cc4cccnc4C3)nc21. The van der Waals surface area contributed by atoms with Crippen molar-refractivity contribution in [3.63, 3.8) is 0 Å². The standard InChI is InChI=1S/C22H17FN6O3/c1-11-5-18(24)26-7-17(11)29-9-14(22(31)32)19(30)13-6-15(23)21(27-20(13)29)28-8-12-3-2-4-25-16(12)10-28/h2-7,9H,8,10H2,1H3,(H2,24,26)(H,31,32). The second-order valence-corrected chi connectivity index (χ2v) is 7.57. The van der Waals surface area contributed by atoms with E-state index >= 15 is 4.39 Å². The molecular formula is C22H17FN6O3. The van der Waals surface area contributed by atoms with E-state index in [9.17, 15) is 14.7 Å². The highest BCUT2D eigenvalue weighted by atomic mass is 19.1. The molecule has 160 valence electrons. The van der Waals surface area contributed by atoms with Crippen molar-refractivity contribution in [1.29, 1.82) is 0 Å². The fourth-order valence-corrected chi connectivity index (χ4v) is 3.94. The summed E-state index contributed by atoms with van der Waals surface area (Å²) in [6.45, 7) is 2.55. The Morgan fingerprint density at radius 3 is 2.78 bits per heavy atom. The summed E-state index contributed by atoms with van der Waals surface area (Å²) in [4.78, 5) is 39.1. The number of hydrogen-bond donors (Lipinski definition) is 2. The number of carbonyl (C=O) groups is 1. The van der Waals surface area contributed by atoms with Crippen LogP contribution in [0, 0.1) is 12.7 Å². The summed E-state index contributed by atoms with van der Waals surface area (Å²) in [6.07, 6.45) is 4.32. The number of aromatic carboxylic acids is 1. The van der Waals surface area contributed by atoms with Crippen LogP contribution in [0.4, 0.5) is 16.0 Å². The molecule has 0 spiro atoms. The van der Waals surface area contributed by atoms with Gasteiger partial charge in [-0.05, 0) is 36.2 Å². The van der Waals surface area contributed by atoms with Crippen molar-refractivity contribution in [2.24, 2.45) is 0 Å². The van der Waals surface area contributed by atoms with E-state index < -0.39 is 22.8 Å². The summed E-state index contributed by atoms with van der Waals surface area (Å²) in [5, 5.41) is 9.39. The molecule has 0 radical (unpaired) electrons. The van der Waals surface area contributed by atoms with Crippen molar-refractivity contribution in [1.82, 2.24) is 19.5 Å². The monoisotopic (exact) mass is 432 g/mol. The zero-order valence-corrected chi connectivity index (χ0v) is 16.9. The van der Waals surface area contributed by atoms with E-state index in [0.29, 0.717) is 24.3 Å². The Kier molecular flexibility index (Phi) is 4.36. The first-order chi connectivity index (χ1) is 15.3. The fraction of sp³-hybridized carbons (Fsp3) is 0.136. The third-order valence-electron chi connectivity index (χ3n) is 5.49. The molecule has 0 amide bonds. The van der Waals surface area contributed by atoms with E-state index in [0.717, 1.165) is 17.3 Å². The van der Waals surface area contributed by atoms with Gasteiger partial charge in [0.05, 0.1) is 29.5 Å². The molecule has 3 N–H and O–H groups in total. The third-order valence-corrected chi connectivity index (χ3v) is 5.49. The maximum atomic E-state index is 15.1. The van der Waals surface area contributed by atoms with Crippen LogP contribution in [-0.2, 0) is 13.1 Å². The molecule has 0 saturated carbocycles. The largest absolute Gasteiger partial charge is 0.477 e. The molecule has 0 atom stereocenters. The van der Waals surface area contributed by atoms with E-state index in [1.807, 2.05) is 12.1 Å². The average Bonchev–Trinajstić information content (AvgIpc) is 3.18. The van der Waals surface area contributed by atoms with Crippen LogP contribution in [0.3, 0.4) is 0 Å². The van der Waals surface area contributed by atoms with Crippen molar-refractivity contribution < 1.29 is 14.3 Å². The molecule has 0 bridgehead atoms. The smallest absolute Gasteiger partial charge is 0.341 e. The second kappa shape index (κ2) is 7.12. The number of nitrogens with two attached hydrogens (primary N) is 1. The van der Waals surface area contributed by atoms with Gasteiger partial charge in [-0.3, -0.25) is 14.3 Å². The number of nitrogens with zero attached hydrogens (tertiary/aromatic N) is 5. The van der Waals surface area contributed by atoms with E-state index in [-0.39, 0.29) is 22.7 Å². The zero-order chi connectivity index (χ0) is 22.6. The van der Waals surface area contributed by atoms with Gasteiger partial charge >= 0.3 is 5.97 Å². The van der Waals surface area contributed by atoms with E-state index in [4.69, 9.17) is 5.73 Å². The number of carboxylic acid groups (broad SMARTS) is 1. The van der Waals surface area contributed by atoms with Crippen molar-refractivity contribution in [2.45, 2.75) is 20.0 Å². The molecule has 0 aromatic carbocycles. The van der Waals surface area contributed by atoms with Gasteiger partial charge in [-0.1, -0.05) is 6.07 Å². The minimum Gasteiger partial charge on any atom is -0.477 e. The van der Waals surface area contributed by atoms with Gasteiger partial charge in [0.2, 0.25) is 5.43 Å². The van der Waals surface area contributed by atoms with Crippen molar-refractivity contribution in [3.8, 4) is 5.69 Å². The van der Waals surface area contributed by atoms with Crippen LogP contribution in [0.1, 0.15) is 27.2 Å². The van der Waals surface area contributed by atoms with Crippen LogP contribution in [0.5, 0.6) is 0 Å². The Balaban J connectivity index is 1.77. The summed E-state index contributed by atoms with van der Waals surface area (Å²) in [5.74, 6) is -1.80. The molecule has 1 aliphatic heterocycles. The quantitative estimate of drug-likeness (QED) is 0.505. The maximum Gasteiger partial charge on any atom is 0.341 e. The highest BCUT2D eigenvalue weighted by Crippen LogP contribution is 2.30. The van der Waals surface area contributed by atoms with Crippen molar-refractivity contribution >= 4 is 28.6 Å². The Morgan fingerprint density at radius 1 is 1.25 bits per heavy atom. The van der Waals surface area contributed by atoms with Crippen LogP contribution >= 0.6 is 0 Å². The van der Waals surface area contributed by atoms with Gasteiger partial charge in [-0.25, -0.2) is 19.2 Å². The van der Waals surface area contributed by atoms with Crippen LogP contribution in [0.2, 0.25) is 0 Å². The molecule has 10 heteroatoms. The van der Waals surface area contributed by atoms with Crippen LogP contribution in [0.15, 0.2) is 47.7 Å². The number of pyridine rings is 4. The number of aromatic nitrogens is 4. The van der Waals surface area contributed by atoms with Crippen LogP contribution in [-0.4, -0.2) is 30.6 Å². The fourth-order valence-electron chi connectivity index (χ4n) is 3.94. The highest BCUT2D eigenvalue weighted by Gasteiger charge is 2.26. The Bertz CT molecular complexity index is 1460. The minimum atomic E-state index is -1.42. The Morgan fingerprint density at radius 2 is 2.06 bits per heavy atom. The molecule has 0 fully saturated rings. The molecule has 0 unspecified atom stereocenters.